The summed E-state index contributed by atoms with van der Waals surface area (Å²) >= 11 is 0. The van der Waals surface area contributed by atoms with Gasteiger partial charge in [0.15, 0.2) is 0 Å². The Bertz CT molecular complexity index is 345. The van der Waals surface area contributed by atoms with Crippen LogP contribution in [-0.4, -0.2) is 24.5 Å². The van der Waals surface area contributed by atoms with Gasteiger partial charge in [-0.3, -0.25) is 4.90 Å². The molecule has 0 amide bonds. The zero-order chi connectivity index (χ0) is 12.1. The number of hydrogen-bond donors (Lipinski definition) is 1. The van der Waals surface area contributed by atoms with Crippen molar-refractivity contribution in [3.05, 3.63) is 35.4 Å². The molecule has 94 valence electrons. The number of hydrogen-bond acceptors (Lipinski definition) is 2. The molecular weight excluding hydrogens is 208 g/mol. The smallest absolute Gasteiger partial charge is 0.0236 e. The van der Waals surface area contributed by atoms with Gasteiger partial charge in [-0.15, -0.1) is 0 Å². The van der Waals surface area contributed by atoms with Crippen LogP contribution in [0, 0.1) is 0 Å². The summed E-state index contributed by atoms with van der Waals surface area (Å²) in [6, 6.07) is 9.83. The highest BCUT2D eigenvalue weighted by Crippen LogP contribution is 2.28. The predicted molar refractivity (Wildman–Crippen MR) is 72.9 cm³/mol. The summed E-state index contributed by atoms with van der Waals surface area (Å²) in [5, 5.41) is 3.21. The van der Waals surface area contributed by atoms with Gasteiger partial charge in [0.2, 0.25) is 0 Å². The van der Waals surface area contributed by atoms with Crippen LogP contribution in [0.2, 0.25) is 0 Å². The van der Waals surface area contributed by atoms with Crippen LogP contribution < -0.4 is 5.32 Å². The second-order valence-electron chi connectivity index (χ2n) is 5.05. The van der Waals surface area contributed by atoms with E-state index >= 15 is 0 Å². The van der Waals surface area contributed by atoms with Crippen LogP contribution in [0.3, 0.4) is 0 Å². The lowest BCUT2D eigenvalue weighted by Gasteiger charge is -2.21. The van der Waals surface area contributed by atoms with E-state index in [0.717, 1.165) is 19.1 Å². The monoisotopic (exact) mass is 232 g/mol. The van der Waals surface area contributed by atoms with Gasteiger partial charge in [0, 0.05) is 19.1 Å². The molecule has 1 N–H and O–H groups in total. The van der Waals surface area contributed by atoms with Crippen molar-refractivity contribution in [2.24, 2.45) is 0 Å². The van der Waals surface area contributed by atoms with Gasteiger partial charge in [-0.25, -0.2) is 0 Å². The first kappa shape index (κ1) is 12.6. The molecule has 2 rings (SSSR count). The van der Waals surface area contributed by atoms with E-state index in [1.54, 1.807) is 0 Å². The van der Waals surface area contributed by atoms with Gasteiger partial charge in [-0.2, -0.15) is 0 Å². The highest BCUT2D eigenvalue weighted by atomic mass is 15.2. The van der Waals surface area contributed by atoms with Gasteiger partial charge in [0.1, 0.15) is 0 Å². The van der Waals surface area contributed by atoms with Gasteiger partial charge in [-0.1, -0.05) is 31.2 Å². The largest absolute Gasteiger partial charge is 0.316 e. The topological polar surface area (TPSA) is 15.3 Å². The Kier molecular flexibility index (Phi) is 4.57. The van der Waals surface area contributed by atoms with Crippen LogP contribution in [-0.2, 0) is 13.1 Å². The summed E-state index contributed by atoms with van der Waals surface area (Å²) in [7, 11) is 2.00. The molecule has 1 aromatic carbocycles. The lowest BCUT2D eigenvalue weighted by Crippen LogP contribution is -2.26. The van der Waals surface area contributed by atoms with Gasteiger partial charge < -0.3 is 5.32 Å². The second-order valence-corrected chi connectivity index (χ2v) is 5.05. The Morgan fingerprint density at radius 1 is 1.29 bits per heavy atom. The fraction of sp³-hybridized carbons (Fsp3) is 0.600. The summed E-state index contributed by atoms with van der Waals surface area (Å²) in [6.45, 7) is 5.59. The maximum absolute atomic E-state index is 3.21. The van der Waals surface area contributed by atoms with Crippen molar-refractivity contribution in [3.63, 3.8) is 0 Å². The lowest BCUT2D eigenvalue weighted by atomic mass is 10.1. The third-order valence-electron chi connectivity index (χ3n) is 3.33. The molecule has 0 aromatic heterocycles. The van der Waals surface area contributed by atoms with Gasteiger partial charge in [-0.05, 0) is 44.0 Å². The van der Waals surface area contributed by atoms with Crippen LogP contribution in [0.5, 0.6) is 0 Å². The molecule has 2 nitrogen and oxygen atoms in total. The maximum atomic E-state index is 3.21. The molecule has 1 aromatic rings. The Morgan fingerprint density at radius 2 is 2.06 bits per heavy atom. The lowest BCUT2D eigenvalue weighted by molar-refractivity contribution is 0.255. The molecule has 0 unspecified atom stereocenters. The van der Waals surface area contributed by atoms with Crippen molar-refractivity contribution in [1.82, 2.24) is 10.2 Å². The third kappa shape index (κ3) is 3.83. The molecule has 0 heterocycles. The van der Waals surface area contributed by atoms with E-state index in [4.69, 9.17) is 0 Å². The van der Waals surface area contributed by atoms with E-state index in [2.05, 4.69) is 41.4 Å². The minimum Gasteiger partial charge on any atom is -0.316 e. The van der Waals surface area contributed by atoms with Gasteiger partial charge in [0.25, 0.3) is 0 Å². The molecule has 2 heteroatoms. The van der Waals surface area contributed by atoms with Crippen molar-refractivity contribution in [2.75, 3.05) is 13.6 Å². The van der Waals surface area contributed by atoms with Crippen LogP contribution in [0.15, 0.2) is 24.3 Å². The van der Waals surface area contributed by atoms with Gasteiger partial charge >= 0.3 is 0 Å². The fourth-order valence-electron chi connectivity index (χ4n) is 2.39. The van der Waals surface area contributed by atoms with Crippen molar-refractivity contribution >= 4 is 0 Å². The van der Waals surface area contributed by atoms with Gasteiger partial charge in [0.05, 0.1) is 0 Å². The Balaban J connectivity index is 1.97. The minimum absolute atomic E-state index is 0.864. The Hall–Kier alpha value is -0.860. The molecule has 0 spiro atoms. The third-order valence-corrected chi connectivity index (χ3v) is 3.33. The number of benzene rings is 1. The number of rotatable bonds is 7. The van der Waals surface area contributed by atoms with Crippen molar-refractivity contribution in [3.8, 4) is 0 Å². The molecule has 0 bridgehead atoms. The molecule has 1 saturated carbocycles. The summed E-state index contributed by atoms with van der Waals surface area (Å²) in [6.07, 6.45) is 4.05. The molecule has 1 aliphatic carbocycles. The first-order chi connectivity index (χ1) is 8.33. The summed E-state index contributed by atoms with van der Waals surface area (Å²) in [4.78, 5) is 2.64. The maximum Gasteiger partial charge on any atom is 0.0236 e. The highest BCUT2D eigenvalue weighted by molar-refractivity contribution is 5.23. The quantitative estimate of drug-likeness (QED) is 0.777. The predicted octanol–water partition coefficient (Wildman–Crippen LogP) is 2.78. The zero-order valence-electron chi connectivity index (χ0n) is 11.1. The van der Waals surface area contributed by atoms with Crippen LogP contribution in [0.25, 0.3) is 0 Å². The first-order valence-corrected chi connectivity index (χ1v) is 6.80. The standard InChI is InChI=1S/C15H24N2/c1-3-9-17(15-7-8-15)12-14-6-4-5-13(10-14)11-16-2/h4-6,10,15-16H,3,7-9,11-12H2,1-2H3. The molecule has 17 heavy (non-hydrogen) atoms. The van der Waals surface area contributed by atoms with Crippen molar-refractivity contribution < 1.29 is 0 Å². The normalized spacial score (nSPS) is 15.5. The molecular formula is C15H24N2. The zero-order valence-corrected chi connectivity index (χ0v) is 11.1. The van der Waals surface area contributed by atoms with Crippen molar-refractivity contribution in [1.29, 1.82) is 0 Å². The average molecular weight is 232 g/mol. The van der Waals surface area contributed by atoms with E-state index in [1.165, 1.54) is 36.9 Å². The minimum atomic E-state index is 0.864. The van der Waals surface area contributed by atoms with E-state index in [0.29, 0.717) is 0 Å². The fourth-order valence-corrected chi connectivity index (χ4v) is 2.39. The van der Waals surface area contributed by atoms with Crippen molar-refractivity contribution in [2.45, 2.75) is 45.3 Å². The first-order valence-electron chi connectivity index (χ1n) is 6.80. The van der Waals surface area contributed by atoms with E-state index in [1.807, 2.05) is 7.05 Å². The SMILES string of the molecule is CCCN(Cc1cccc(CNC)c1)C1CC1. The summed E-state index contributed by atoms with van der Waals surface area (Å²) in [5.41, 5.74) is 2.84. The van der Waals surface area contributed by atoms with Crippen LogP contribution in [0.4, 0.5) is 0 Å². The van der Waals surface area contributed by atoms with Crippen LogP contribution in [0.1, 0.15) is 37.3 Å². The summed E-state index contributed by atoms with van der Waals surface area (Å²) in [5.74, 6) is 0. The molecule has 0 aliphatic heterocycles. The van der Waals surface area contributed by atoms with E-state index in [9.17, 15) is 0 Å². The average Bonchev–Trinajstić information content (AvgIpc) is 3.13. The van der Waals surface area contributed by atoms with E-state index in [-0.39, 0.29) is 0 Å². The van der Waals surface area contributed by atoms with E-state index < -0.39 is 0 Å². The highest BCUT2D eigenvalue weighted by Gasteiger charge is 2.28. The second kappa shape index (κ2) is 6.18. The summed E-state index contributed by atoms with van der Waals surface area (Å²) < 4.78 is 0. The molecule has 1 aliphatic rings. The molecule has 0 radical (unpaired) electrons. The Labute approximate surface area is 105 Å². The Morgan fingerprint density at radius 3 is 2.71 bits per heavy atom. The molecule has 1 fully saturated rings. The molecule has 0 saturated heterocycles. The molecule has 0 atom stereocenters. The number of nitrogens with one attached hydrogen (secondary N) is 1. The number of nitrogens with zero attached hydrogens (tertiary/aromatic N) is 1. The van der Waals surface area contributed by atoms with Crippen LogP contribution >= 0.6 is 0 Å².